The Bertz CT molecular complexity index is 423. The molecule has 0 radical (unpaired) electrons. The van der Waals surface area contributed by atoms with Gasteiger partial charge < -0.3 is 4.74 Å². The Morgan fingerprint density at radius 3 is 2.75 bits per heavy atom. The predicted octanol–water partition coefficient (Wildman–Crippen LogP) is 2.52. The van der Waals surface area contributed by atoms with Crippen LogP contribution in [0, 0.1) is 0 Å². The zero-order chi connectivity index (χ0) is 11.4. The molecular formula is C13H11FO2. The van der Waals surface area contributed by atoms with E-state index in [1.54, 1.807) is 12.2 Å². The van der Waals surface area contributed by atoms with E-state index in [9.17, 15) is 9.18 Å². The van der Waals surface area contributed by atoms with E-state index in [1.165, 1.54) is 6.08 Å². The van der Waals surface area contributed by atoms with Gasteiger partial charge in [-0.25, -0.2) is 9.18 Å². The van der Waals surface area contributed by atoms with Crippen LogP contribution in [0.4, 0.5) is 4.39 Å². The van der Waals surface area contributed by atoms with Crippen LogP contribution in [0.5, 0.6) is 0 Å². The number of carbonyl (C=O) groups is 1. The standard InChI is InChI=1S/C13H11FO2/c14-11-7-9-13(15)16-12(11)8-6-10-4-2-1-3-5-10/h1-9,11-12H/b8-6+/t11-,12+/m1/s1. The molecule has 0 unspecified atom stereocenters. The molecule has 0 spiro atoms. The van der Waals surface area contributed by atoms with Crippen LogP contribution in [-0.2, 0) is 9.53 Å². The van der Waals surface area contributed by atoms with Crippen LogP contribution in [0.15, 0.2) is 48.6 Å². The fourth-order valence-corrected chi connectivity index (χ4v) is 1.43. The van der Waals surface area contributed by atoms with Gasteiger partial charge in [-0.3, -0.25) is 0 Å². The molecule has 3 heteroatoms. The van der Waals surface area contributed by atoms with E-state index >= 15 is 0 Å². The van der Waals surface area contributed by atoms with Gasteiger partial charge in [0.25, 0.3) is 0 Å². The van der Waals surface area contributed by atoms with Crippen molar-refractivity contribution in [2.45, 2.75) is 12.3 Å². The van der Waals surface area contributed by atoms with Gasteiger partial charge in [0.15, 0.2) is 12.3 Å². The van der Waals surface area contributed by atoms with Crippen molar-refractivity contribution in [3.8, 4) is 0 Å². The zero-order valence-corrected chi connectivity index (χ0v) is 8.55. The number of esters is 1. The molecule has 0 bridgehead atoms. The summed E-state index contributed by atoms with van der Waals surface area (Å²) in [5.74, 6) is -0.503. The van der Waals surface area contributed by atoms with Gasteiger partial charge in [-0.05, 0) is 17.7 Å². The lowest BCUT2D eigenvalue weighted by Crippen LogP contribution is -2.28. The number of alkyl halides is 1. The lowest BCUT2D eigenvalue weighted by Gasteiger charge is -2.18. The first kappa shape index (κ1) is 10.6. The normalized spacial score (nSPS) is 24.7. The summed E-state index contributed by atoms with van der Waals surface area (Å²) in [5, 5.41) is 0. The van der Waals surface area contributed by atoms with Crippen molar-refractivity contribution in [2.24, 2.45) is 0 Å². The highest BCUT2D eigenvalue weighted by molar-refractivity contribution is 5.83. The lowest BCUT2D eigenvalue weighted by atomic mass is 10.1. The number of halogens is 1. The summed E-state index contributed by atoms with van der Waals surface area (Å²) >= 11 is 0. The molecule has 2 nitrogen and oxygen atoms in total. The average molecular weight is 218 g/mol. The van der Waals surface area contributed by atoms with E-state index < -0.39 is 18.2 Å². The van der Waals surface area contributed by atoms with Gasteiger partial charge in [-0.1, -0.05) is 36.4 Å². The number of carbonyl (C=O) groups excluding carboxylic acids is 1. The van der Waals surface area contributed by atoms with E-state index in [0.29, 0.717) is 0 Å². The highest BCUT2D eigenvalue weighted by Crippen LogP contribution is 2.14. The Kier molecular flexibility index (Phi) is 3.15. The van der Waals surface area contributed by atoms with E-state index in [-0.39, 0.29) is 0 Å². The first-order chi connectivity index (χ1) is 7.75. The molecule has 1 aromatic rings. The smallest absolute Gasteiger partial charge is 0.331 e. The Morgan fingerprint density at radius 1 is 1.25 bits per heavy atom. The molecule has 0 aliphatic carbocycles. The van der Waals surface area contributed by atoms with E-state index in [0.717, 1.165) is 11.6 Å². The summed E-state index contributed by atoms with van der Waals surface area (Å²) in [6.45, 7) is 0. The number of rotatable bonds is 2. The van der Waals surface area contributed by atoms with Crippen LogP contribution in [0.3, 0.4) is 0 Å². The van der Waals surface area contributed by atoms with Crippen LogP contribution in [0.25, 0.3) is 6.08 Å². The maximum atomic E-state index is 13.3. The largest absolute Gasteiger partial charge is 0.451 e. The van der Waals surface area contributed by atoms with Gasteiger partial charge in [0.2, 0.25) is 0 Å². The summed E-state index contributed by atoms with van der Waals surface area (Å²) in [6.07, 6.45) is 3.53. The third-order valence-electron chi connectivity index (χ3n) is 2.26. The number of benzene rings is 1. The third-order valence-corrected chi connectivity index (χ3v) is 2.26. The maximum absolute atomic E-state index is 13.3. The van der Waals surface area contributed by atoms with Gasteiger partial charge in [0, 0.05) is 6.08 Å². The summed E-state index contributed by atoms with van der Waals surface area (Å²) in [4.78, 5) is 10.9. The monoisotopic (exact) mass is 218 g/mol. The van der Waals surface area contributed by atoms with Crippen molar-refractivity contribution in [3.63, 3.8) is 0 Å². The highest BCUT2D eigenvalue weighted by atomic mass is 19.1. The Balaban J connectivity index is 2.07. The molecule has 82 valence electrons. The van der Waals surface area contributed by atoms with Crippen molar-refractivity contribution in [1.82, 2.24) is 0 Å². The molecule has 2 atom stereocenters. The number of cyclic esters (lactones) is 1. The molecule has 0 amide bonds. The zero-order valence-electron chi connectivity index (χ0n) is 8.55. The van der Waals surface area contributed by atoms with Crippen molar-refractivity contribution in [2.75, 3.05) is 0 Å². The fourth-order valence-electron chi connectivity index (χ4n) is 1.43. The Morgan fingerprint density at radius 2 is 2.00 bits per heavy atom. The second kappa shape index (κ2) is 4.75. The molecule has 0 saturated carbocycles. The van der Waals surface area contributed by atoms with Gasteiger partial charge >= 0.3 is 5.97 Å². The first-order valence-electron chi connectivity index (χ1n) is 5.02. The average Bonchev–Trinajstić information content (AvgIpc) is 2.32. The third kappa shape index (κ3) is 2.57. The topological polar surface area (TPSA) is 26.3 Å². The summed E-state index contributed by atoms with van der Waals surface area (Å²) < 4.78 is 18.1. The SMILES string of the molecule is O=C1C=C[C@@H](F)[C@H](/C=C/c2ccccc2)O1. The molecule has 16 heavy (non-hydrogen) atoms. The molecule has 1 heterocycles. The number of hydrogen-bond acceptors (Lipinski definition) is 2. The number of hydrogen-bond donors (Lipinski definition) is 0. The molecular weight excluding hydrogens is 207 g/mol. The second-order valence-electron chi connectivity index (χ2n) is 3.47. The summed E-state index contributed by atoms with van der Waals surface area (Å²) in [6, 6.07) is 9.46. The summed E-state index contributed by atoms with van der Waals surface area (Å²) in [7, 11) is 0. The van der Waals surface area contributed by atoms with Crippen molar-refractivity contribution in [1.29, 1.82) is 0 Å². The maximum Gasteiger partial charge on any atom is 0.331 e. The van der Waals surface area contributed by atoms with Gasteiger partial charge in [-0.2, -0.15) is 0 Å². The lowest BCUT2D eigenvalue weighted by molar-refractivity contribution is -0.144. The minimum Gasteiger partial charge on any atom is -0.451 e. The Hall–Kier alpha value is -1.90. The molecule has 0 fully saturated rings. The molecule has 0 N–H and O–H groups in total. The second-order valence-corrected chi connectivity index (χ2v) is 3.47. The minimum atomic E-state index is -1.27. The predicted molar refractivity (Wildman–Crippen MR) is 59.4 cm³/mol. The van der Waals surface area contributed by atoms with Gasteiger partial charge in [0.1, 0.15) is 0 Å². The Labute approximate surface area is 93.0 Å². The van der Waals surface area contributed by atoms with Crippen LogP contribution < -0.4 is 0 Å². The molecule has 1 aliphatic rings. The summed E-state index contributed by atoms with van der Waals surface area (Å²) in [5.41, 5.74) is 0.945. The molecule has 0 saturated heterocycles. The highest BCUT2D eigenvalue weighted by Gasteiger charge is 2.23. The molecule has 0 aromatic heterocycles. The first-order valence-corrected chi connectivity index (χ1v) is 5.02. The molecule has 1 aliphatic heterocycles. The minimum absolute atomic E-state index is 0.503. The van der Waals surface area contributed by atoms with Gasteiger partial charge in [0.05, 0.1) is 0 Å². The van der Waals surface area contributed by atoms with Crippen LogP contribution in [0.1, 0.15) is 5.56 Å². The van der Waals surface area contributed by atoms with Crippen LogP contribution >= 0.6 is 0 Å². The molecule has 2 rings (SSSR count). The quantitative estimate of drug-likeness (QED) is 0.713. The van der Waals surface area contributed by atoms with E-state index in [2.05, 4.69) is 0 Å². The van der Waals surface area contributed by atoms with E-state index in [1.807, 2.05) is 30.3 Å². The van der Waals surface area contributed by atoms with Gasteiger partial charge in [-0.15, -0.1) is 0 Å². The van der Waals surface area contributed by atoms with E-state index in [4.69, 9.17) is 4.74 Å². The fraction of sp³-hybridized carbons (Fsp3) is 0.154. The van der Waals surface area contributed by atoms with Crippen molar-refractivity contribution in [3.05, 3.63) is 54.1 Å². The van der Waals surface area contributed by atoms with Crippen molar-refractivity contribution >= 4 is 12.0 Å². The molecule has 1 aromatic carbocycles. The van der Waals surface area contributed by atoms with Crippen molar-refractivity contribution < 1.29 is 13.9 Å². The van der Waals surface area contributed by atoms with Crippen LogP contribution in [0.2, 0.25) is 0 Å². The number of ether oxygens (including phenoxy) is 1. The van der Waals surface area contributed by atoms with Crippen LogP contribution in [-0.4, -0.2) is 18.2 Å².